The zero-order valence-corrected chi connectivity index (χ0v) is 29.1. The summed E-state index contributed by atoms with van der Waals surface area (Å²) in [7, 11) is -2.71. The van der Waals surface area contributed by atoms with Crippen LogP contribution in [0.4, 0.5) is 5.69 Å². The first kappa shape index (κ1) is 34.7. The van der Waals surface area contributed by atoms with Gasteiger partial charge in [-0.05, 0) is 87.4 Å². The van der Waals surface area contributed by atoms with E-state index < -0.39 is 34.1 Å². The zero-order valence-electron chi connectivity index (χ0n) is 26.7. The molecule has 0 saturated heterocycles. The lowest BCUT2D eigenvalue weighted by Gasteiger charge is -2.35. The third-order valence-electron chi connectivity index (χ3n) is 7.26. The van der Waals surface area contributed by atoms with Crippen LogP contribution >= 0.6 is 15.9 Å². The molecule has 4 rings (SSSR count). The monoisotopic (exact) mass is 705 g/mol. The number of ether oxygens (including phenoxy) is 1. The van der Waals surface area contributed by atoms with E-state index in [0.29, 0.717) is 11.4 Å². The highest BCUT2D eigenvalue weighted by molar-refractivity contribution is 9.10. The number of halogens is 1. The van der Waals surface area contributed by atoms with Crippen molar-refractivity contribution < 1.29 is 22.7 Å². The van der Waals surface area contributed by atoms with Gasteiger partial charge in [0.15, 0.2) is 0 Å². The number of hydrogen-bond acceptors (Lipinski definition) is 5. The predicted octanol–water partition coefficient (Wildman–Crippen LogP) is 6.52. The van der Waals surface area contributed by atoms with Crippen molar-refractivity contribution in [3.05, 3.63) is 124 Å². The average molecular weight is 707 g/mol. The van der Waals surface area contributed by atoms with Crippen LogP contribution in [0.25, 0.3) is 0 Å². The maximum absolute atomic E-state index is 14.6. The van der Waals surface area contributed by atoms with Crippen LogP contribution in [0.15, 0.2) is 112 Å². The van der Waals surface area contributed by atoms with E-state index in [1.54, 1.807) is 36.4 Å². The molecule has 2 amide bonds. The lowest BCUT2D eigenvalue weighted by Crippen LogP contribution is -2.56. The molecule has 1 unspecified atom stereocenters. The summed E-state index contributed by atoms with van der Waals surface area (Å²) in [5, 5.41) is 3.04. The van der Waals surface area contributed by atoms with Crippen molar-refractivity contribution in [1.82, 2.24) is 10.2 Å². The summed E-state index contributed by atoms with van der Waals surface area (Å²) in [4.78, 5) is 30.0. The van der Waals surface area contributed by atoms with Crippen LogP contribution in [0.2, 0.25) is 0 Å². The summed E-state index contributed by atoms with van der Waals surface area (Å²) in [5.74, 6) is -0.354. The third-order valence-corrected chi connectivity index (χ3v) is 9.54. The molecule has 10 heteroatoms. The Bertz CT molecular complexity index is 1740. The molecule has 0 aliphatic carbocycles. The maximum Gasteiger partial charge on any atom is 0.264 e. The topological polar surface area (TPSA) is 96.0 Å². The molecule has 0 aliphatic heterocycles. The molecular formula is C36H40BrN3O5S. The van der Waals surface area contributed by atoms with Crippen molar-refractivity contribution in [3.8, 4) is 5.75 Å². The van der Waals surface area contributed by atoms with Gasteiger partial charge in [-0.3, -0.25) is 13.9 Å². The van der Waals surface area contributed by atoms with Gasteiger partial charge in [-0.15, -0.1) is 0 Å². The van der Waals surface area contributed by atoms with Crippen LogP contribution in [-0.4, -0.2) is 50.4 Å². The first-order valence-electron chi connectivity index (χ1n) is 14.9. The molecule has 0 spiro atoms. The number of hydrogen-bond donors (Lipinski definition) is 1. The second-order valence-corrected chi connectivity index (χ2v) is 14.9. The Labute approximate surface area is 280 Å². The Kier molecular flexibility index (Phi) is 11.3. The largest absolute Gasteiger partial charge is 0.497 e. The normalized spacial score (nSPS) is 12.2. The van der Waals surface area contributed by atoms with E-state index in [9.17, 15) is 18.0 Å². The van der Waals surface area contributed by atoms with Crippen LogP contribution in [0.1, 0.15) is 37.5 Å². The lowest BCUT2D eigenvalue weighted by atomic mass is 10.0. The van der Waals surface area contributed by atoms with Crippen molar-refractivity contribution in [2.24, 2.45) is 0 Å². The molecule has 1 atom stereocenters. The molecule has 0 aromatic heterocycles. The van der Waals surface area contributed by atoms with Gasteiger partial charge in [-0.25, -0.2) is 8.42 Å². The summed E-state index contributed by atoms with van der Waals surface area (Å²) in [6, 6.07) is 29.0. The van der Waals surface area contributed by atoms with Gasteiger partial charge < -0.3 is 15.0 Å². The number of methoxy groups -OCH3 is 1. The van der Waals surface area contributed by atoms with E-state index in [1.807, 2.05) is 82.3 Å². The Morgan fingerprint density at radius 1 is 0.870 bits per heavy atom. The van der Waals surface area contributed by atoms with Crippen LogP contribution in [0, 0.1) is 6.92 Å². The standard InChI is InChI=1S/C36H40BrN3O5S/c1-26-14-16-30(17-15-26)40(46(43,44)32-20-18-31(45-5)19-21-32)25-34(41)39(24-28-12-9-13-29(37)22-28)33(35(42)38-36(2,3)4)23-27-10-7-6-8-11-27/h6-22,33H,23-25H2,1-5H3,(H,38,42). The van der Waals surface area contributed by atoms with Gasteiger partial charge >= 0.3 is 0 Å². The quantitative estimate of drug-likeness (QED) is 0.181. The maximum atomic E-state index is 14.6. The number of nitrogens with zero attached hydrogens (tertiary/aromatic N) is 2. The smallest absolute Gasteiger partial charge is 0.264 e. The number of amides is 2. The summed E-state index contributed by atoms with van der Waals surface area (Å²) < 4.78 is 35.5. The molecule has 1 N–H and O–H groups in total. The number of sulfonamides is 1. The Morgan fingerprint density at radius 3 is 2.09 bits per heavy atom. The average Bonchev–Trinajstić information content (AvgIpc) is 3.01. The molecule has 0 bridgehead atoms. The van der Waals surface area contributed by atoms with Crippen LogP contribution in [-0.2, 0) is 32.6 Å². The number of carbonyl (C=O) groups excluding carboxylic acids is 2. The summed E-state index contributed by atoms with van der Waals surface area (Å²) in [6.45, 7) is 7.10. The van der Waals surface area contributed by atoms with Crippen LogP contribution in [0.3, 0.4) is 0 Å². The van der Waals surface area contributed by atoms with Crippen molar-refractivity contribution in [2.45, 2.75) is 57.1 Å². The number of nitrogens with one attached hydrogen (secondary N) is 1. The molecule has 4 aromatic rings. The molecule has 242 valence electrons. The second-order valence-electron chi connectivity index (χ2n) is 12.1. The minimum absolute atomic E-state index is 0.00604. The van der Waals surface area contributed by atoms with Gasteiger partial charge in [0.2, 0.25) is 11.8 Å². The van der Waals surface area contributed by atoms with E-state index in [-0.39, 0.29) is 23.8 Å². The van der Waals surface area contributed by atoms with Gasteiger partial charge in [-0.2, -0.15) is 0 Å². The summed E-state index contributed by atoms with van der Waals surface area (Å²) in [6.07, 6.45) is 0.234. The summed E-state index contributed by atoms with van der Waals surface area (Å²) in [5.41, 5.74) is 2.35. The first-order chi connectivity index (χ1) is 21.8. The zero-order chi connectivity index (χ0) is 33.5. The molecule has 0 radical (unpaired) electrons. The van der Waals surface area contributed by atoms with E-state index in [4.69, 9.17) is 4.74 Å². The molecular weight excluding hydrogens is 666 g/mol. The second kappa shape index (κ2) is 15.0. The van der Waals surface area contributed by atoms with E-state index >= 15 is 0 Å². The minimum atomic E-state index is -4.21. The number of aryl methyl sites for hydroxylation is 1. The molecule has 4 aromatic carbocycles. The number of anilines is 1. The highest BCUT2D eigenvalue weighted by Crippen LogP contribution is 2.27. The Morgan fingerprint density at radius 2 is 1.50 bits per heavy atom. The minimum Gasteiger partial charge on any atom is -0.497 e. The van der Waals surface area contributed by atoms with Crippen LogP contribution < -0.4 is 14.4 Å². The molecule has 0 heterocycles. The number of benzene rings is 4. The molecule has 0 aliphatic rings. The van der Waals surface area contributed by atoms with E-state index in [0.717, 1.165) is 25.5 Å². The van der Waals surface area contributed by atoms with Gasteiger partial charge in [0, 0.05) is 23.0 Å². The first-order valence-corrected chi connectivity index (χ1v) is 17.1. The summed E-state index contributed by atoms with van der Waals surface area (Å²) >= 11 is 3.51. The molecule has 46 heavy (non-hydrogen) atoms. The van der Waals surface area contributed by atoms with Gasteiger partial charge in [0.25, 0.3) is 10.0 Å². The Hall–Kier alpha value is -4.15. The van der Waals surface area contributed by atoms with Crippen LogP contribution in [0.5, 0.6) is 5.75 Å². The number of carbonyl (C=O) groups is 2. The number of rotatable bonds is 12. The predicted molar refractivity (Wildman–Crippen MR) is 185 cm³/mol. The molecule has 0 fully saturated rings. The third kappa shape index (κ3) is 9.20. The van der Waals surface area contributed by atoms with Crippen molar-refractivity contribution in [3.63, 3.8) is 0 Å². The van der Waals surface area contributed by atoms with E-state index in [1.165, 1.54) is 24.1 Å². The lowest BCUT2D eigenvalue weighted by molar-refractivity contribution is -0.140. The van der Waals surface area contributed by atoms with Gasteiger partial charge in [0.05, 0.1) is 17.7 Å². The van der Waals surface area contributed by atoms with Crippen molar-refractivity contribution >= 4 is 43.5 Å². The van der Waals surface area contributed by atoms with Gasteiger partial charge in [-0.1, -0.05) is 76.1 Å². The highest BCUT2D eigenvalue weighted by Gasteiger charge is 2.35. The molecule has 0 saturated carbocycles. The fraction of sp³-hybridized carbons (Fsp3) is 0.278. The van der Waals surface area contributed by atoms with Crippen molar-refractivity contribution in [2.75, 3.05) is 18.0 Å². The Balaban J connectivity index is 1.81. The fourth-order valence-corrected chi connectivity index (χ4v) is 6.81. The fourth-order valence-electron chi connectivity index (χ4n) is 4.95. The molecule has 8 nitrogen and oxygen atoms in total. The van der Waals surface area contributed by atoms with Crippen molar-refractivity contribution in [1.29, 1.82) is 0 Å². The highest BCUT2D eigenvalue weighted by atomic mass is 79.9. The van der Waals surface area contributed by atoms with Gasteiger partial charge in [0.1, 0.15) is 18.3 Å². The van der Waals surface area contributed by atoms with E-state index in [2.05, 4.69) is 21.2 Å². The SMILES string of the molecule is COc1ccc(S(=O)(=O)N(CC(=O)N(Cc2cccc(Br)c2)C(Cc2ccccc2)C(=O)NC(C)(C)C)c2ccc(C)cc2)cc1.